The van der Waals surface area contributed by atoms with Crippen LogP contribution in [0, 0.1) is 6.92 Å². The fraction of sp³-hybridized carbons (Fsp3) is 0.364. The summed E-state index contributed by atoms with van der Waals surface area (Å²) in [7, 11) is 0. The Hall–Kier alpha value is -3.22. The maximum absolute atomic E-state index is 12.3. The van der Waals surface area contributed by atoms with Gasteiger partial charge in [0.2, 0.25) is 0 Å². The average molecular weight is 401 g/mol. The van der Waals surface area contributed by atoms with E-state index in [-0.39, 0.29) is 19.8 Å². The molecule has 1 amide bonds. The van der Waals surface area contributed by atoms with Crippen molar-refractivity contribution in [3.63, 3.8) is 0 Å². The zero-order chi connectivity index (χ0) is 21.1. The van der Waals surface area contributed by atoms with Gasteiger partial charge in [0.05, 0.1) is 13.2 Å². The van der Waals surface area contributed by atoms with Crippen LogP contribution in [-0.2, 0) is 9.53 Å². The smallest absolute Gasteiger partial charge is 0.325 e. The van der Waals surface area contributed by atoms with Gasteiger partial charge in [0.1, 0.15) is 25.5 Å². The van der Waals surface area contributed by atoms with Crippen LogP contribution in [0.25, 0.3) is 0 Å². The molecule has 0 aromatic heterocycles. The van der Waals surface area contributed by atoms with E-state index in [0.717, 1.165) is 5.56 Å². The number of nitrogens with one attached hydrogen (secondary N) is 1. The van der Waals surface area contributed by atoms with Crippen LogP contribution >= 0.6 is 0 Å². The Balaban J connectivity index is 1.75. The molecular formula is C22H27NO6. The summed E-state index contributed by atoms with van der Waals surface area (Å²) >= 11 is 0. The zero-order valence-electron chi connectivity index (χ0n) is 17.0. The normalized spacial score (nSPS) is 10.2. The Morgan fingerprint density at radius 1 is 0.862 bits per heavy atom. The summed E-state index contributed by atoms with van der Waals surface area (Å²) in [4.78, 5) is 24.1. The van der Waals surface area contributed by atoms with Crippen molar-refractivity contribution in [3.8, 4) is 17.2 Å². The van der Waals surface area contributed by atoms with Crippen LogP contribution in [0.2, 0.25) is 0 Å². The van der Waals surface area contributed by atoms with Gasteiger partial charge >= 0.3 is 5.97 Å². The molecular weight excluding hydrogens is 374 g/mol. The topological polar surface area (TPSA) is 83.1 Å². The largest absolute Gasteiger partial charge is 0.490 e. The van der Waals surface area contributed by atoms with Gasteiger partial charge in [-0.2, -0.15) is 0 Å². The number of esters is 1. The van der Waals surface area contributed by atoms with Crippen molar-refractivity contribution >= 4 is 11.9 Å². The molecule has 0 spiro atoms. The fourth-order valence-corrected chi connectivity index (χ4v) is 2.45. The summed E-state index contributed by atoms with van der Waals surface area (Å²) < 4.78 is 21.5. The number of benzene rings is 2. The lowest BCUT2D eigenvalue weighted by Gasteiger charge is -2.12. The summed E-state index contributed by atoms with van der Waals surface area (Å²) in [6, 6.07) is 12.5. The van der Waals surface area contributed by atoms with E-state index in [1.54, 1.807) is 18.2 Å². The van der Waals surface area contributed by atoms with Crippen molar-refractivity contribution in [3.05, 3.63) is 53.6 Å². The van der Waals surface area contributed by atoms with Crippen molar-refractivity contribution in [2.75, 3.05) is 33.0 Å². The first kappa shape index (κ1) is 22.1. The van der Waals surface area contributed by atoms with Crippen LogP contribution in [0.15, 0.2) is 42.5 Å². The van der Waals surface area contributed by atoms with Gasteiger partial charge in [-0.1, -0.05) is 17.7 Å². The van der Waals surface area contributed by atoms with E-state index in [9.17, 15) is 9.59 Å². The highest BCUT2D eigenvalue weighted by atomic mass is 16.6. The first-order chi connectivity index (χ1) is 14.0. The summed E-state index contributed by atoms with van der Waals surface area (Å²) in [6.45, 7) is 6.74. The molecule has 2 rings (SSSR count). The van der Waals surface area contributed by atoms with Gasteiger partial charge in [-0.15, -0.1) is 0 Å². The molecule has 0 bridgehead atoms. The second-order valence-corrected chi connectivity index (χ2v) is 6.09. The summed E-state index contributed by atoms with van der Waals surface area (Å²) in [6.07, 6.45) is 0. The highest BCUT2D eigenvalue weighted by Crippen LogP contribution is 2.28. The summed E-state index contributed by atoms with van der Waals surface area (Å²) in [5, 5.41) is 2.53. The molecule has 0 aliphatic rings. The second-order valence-electron chi connectivity index (χ2n) is 6.09. The molecule has 0 saturated heterocycles. The third-order valence-electron chi connectivity index (χ3n) is 3.83. The molecule has 0 aliphatic heterocycles. The van der Waals surface area contributed by atoms with Gasteiger partial charge in [0.25, 0.3) is 5.91 Å². The molecule has 156 valence electrons. The number of carbonyl (C=O) groups excluding carboxylic acids is 2. The van der Waals surface area contributed by atoms with Crippen molar-refractivity contribution in [2.24, 2.45) is 0 Å². The predicted molar refractivity (Wildman–Crippen MR) is 109 cm³/mol. The van der Waals surface area contributed by atoms with Crippen molar-refractivity contribution in [1.29, 1.82) is 0 Å². The minimum atomic E-state index is -0.540. The number of ether oxygens (including phenoxy) is 4. The molecule has 0 atom stereocenters. The third kappa shape index (κ3) is 7.37. The number of aryl methyl sites for hydroxylation is 1. The SMILES string of the molecule is CCOc1ccc(C(=O)NCC(=O)OCCOc2ccc(C)cc2)cc1OCC. The van der Waals surface area contributed by atoms with E-state index in [1.165, 1.54) is 0 Å². The first-order valence-corrected chi connectivity index (χ1v) is 9.56. The molecule has 7 heteroatoms. The van der Waals surface area contributed by atoms with Crippen LogP contribution < -0.4 is 19.5 Å². The fourth-order valence-electron chi connectivity index (χ4n) is 2.45. The van der Waals surface area contributed by atoms with Gasteiger partial charge in [0, 0.05) is 5.56 Å². The monoisotopic (exact) mass is 401 g/mol. The van der Waals surface area contributed by atoms with E-state index >= 15 is 0 Å². The predicted octanol–water partition coefficient (Wildman–Crippen LogP) is 3.14. The molecule has 0 unspecified atom stereocenters. The van der Waals surface area contributed by atoms with Gasteiger partial charge in [-0.25, -0.2) is 0 Å². The third-order valence-corrected chi connectivity index (χ3v) is 3.83. The van der Waals surface area contributed by atoms with Crippen LogP contribution in [0.5, 0.6) is 17.2 Å². The summed E-state index contributed by atoms with van der Waals surface area (Å²) in [5.74, 6) is 0.820. The zero-order valence-corrected chi connectivity index (χ0v) is 17.0. The molecule has 0 saturated carbocycles. The minimum absolute atomic E-state index is 0.0973. The van der Waals surface area contributed by atoms with E-state index in [1.807, 2.05) is 45.0 Å². The van der Waals surface area contributed by atoms with Gasteiger partial charge in [0.15, 0.2) is 11.5 Å². The molecule has 29 heavy (non-hydrogen) atoms. The van der Waals surface area contributed by atoms with Crippen molar-refractivity contribution in [2.45, 2.75) is 20.8 Å². The van der Waals surface area contributed by atoms with Crippen LogP contribution in [0.4, 0.5) is 0 Å². The molecule has 2 aromatic carbocycles. The molecule has 7 nitrogen and oxygen atoms in total. The van der Waals surface area contributed by atoms with E-state index in [4.69, 9.17) is 18.9 Å². The quantitative estimate of drug-likeness (QED) is 0.460. The van der Waals surface area contributed by atoms with E-state index in [0.29, 0.717) is 36.0 Å². The Bertz CT molecular complexity index is 803. The lowest BCUT2D eigenvalue weighted by molar-refractivity contribution is -0.143. The first-order valence-electron chi connectivity index (χ1n) is 9.56. The highest BCUT2D eigenvalue weighted by Gasteiger charge is 2.13. The van der Waals surface area contributed by atoms with Crippen LogP contribution in [0.1, 0.15) is 29.8 Å². The molecule has 0 heterocycles. The number of hydrogen-bond acceptors (Lipinski definition) is 6. The second kappa shape index (κ2) is 11.6. The lowest BCUT2D eigenvalue weighted by atomic mass is 10.2. The van der Waals surface area contributed by atoms with Crippen molar-refractivity contribution < 1.29 is 28.5 Å². The van der Waals surface area contributed by atoms with Gasteiger partial charge in [-0.05, 0) is 51.1 Å². The highest BCUT2D eigenvalue weighted by molar-refractivity contribution is 5.96. The van der Waals surface area contributed by atoms with Gasteiger partial charge < -0.3 is 24.3 Å². The van der Waals surface area contributed by atoms with E-state index in [2.05, 4.69) is 5.32 Å². The number of amides is 1. The Kier molecular flexibility index (Phi) is 8.82. The van der Waals surface area contributed by atoms with Crippen LogP contribution in [-0.4, -0.2) is 44.8 Å². The molecule has 0 aliphatic carbocycles. The standard InChI is InChI=1S/C22H27NO6/c1-4-26-19-11-8-17(14-20(19)27-5-2)22(25)23-15-21(24)29-13-12-28-18-9-6-16(3)7-10-18/h6-11,14H,4-5,12-13,15H2,1-3H3,(H,23,25). The summed E-state index contributed by atoms with van der Waals surface area (Å²) in [5.41, 5.74) is 1.51. The molecule has 0 radical (unpaired) electrons. The number of hydrogen-bond donors (Lipinski definition) is 1. The lowest BCUT2D eigenvalue weighted by Crippen LogP contribution is -2.31. The molecule has 0 fully saturated rings. The maximum atomic E-state index is 12.3. The minimum Gasteiger partial charge on any atom is -0.490 e. The van der Waals surface area contributed by atoms with Gasteiger partial charge in [-0.3, -0.25) is 9.59 Å². The average Bonchev–Trinajstić information content (AvgIpc) is 2.72. The van der Waals surface area contributed by atoms with Crippen molar-refractivity contribution in [1.82, 2.24) is 5.32 Å². The number of carbonyl (C=O) groups is 2. The maximum Gasteiger partial charge on any atom is 0.325 e. The molecule has 2 aromatic rings. The van der Waals surface area contributed by atoms with Crippen LogP contribution in [0.3, 0.4) is 0 Å². The molecule has 1 N–H and O–H groups in total. The Labute approximate surface area is 170 Å². The Morgan fingerprint density at radius 2 is 1.55 bits per heavy atom. The Morgan fingerprint density at radius 3 is 2.24 bits per heavy atom. The van der Waals surface area contributed by atoms with E-state index < -0.39 is 11.9 Å². The number of rotatable bonds is 11.